The summed E-state index contributed by atoms with van der Waals surface area (Å²) in [5, 5.41) is 0.856. The normalized spacial score (nSPS) is 14.3. The van der Waals surface area contributed by atoms with E-state index >= 15 is 0 Å². The number of carbonyl (C=O) groups is 2. The number of alkyl halides is 9. The van der Waals surface area contributed by atoms with Crippen LogP contribution in [0.3, 0.4) is 0 Å². The van der Waals surface area contributed by atoms with E-state index in [0.717, 1.165) is 30.3 Å². The third kappa shape index (κ3) is 9.31. The fourth-order valence-electron chi connectivity index (χ4n) is 3.60. The molecule has 0 aromatic heterocycles. The number of hydrogen-bond acceptors (Lipinski definition) is 2. The highest BCUT2D eigenvalue weighted by Crippen LogP contribution is 2.41. The highest BCUT2D eigenvalue weighted by Gasteiger charge is 2.40. The van der Waals surface area contributed by atoms with Crippen LogP contribution < -0.4 is 5.32 Å². The van der Waals surface area contributed by atoms with Gasteiger partial charge in [0.15, 0.2) is 5.78 Å². The monoisotopic (exact) mass is 641 g/mol. The second-order valence-corrected chi connectivity index (χ2v) is 9.74. The van der Waals surface area contributed by atoms with Crippen LogP contribution in [-0.4, -0.2) is 30.6 Å². The van der Waals surface area contributed by atoms with Gasteiger partial charge in [-0.3, -0.25) is 9.59 Å². The summed E-state index contributed by atoms with van der Waals surface area (Å²) in [5.41, 5.74) is -3.17. The summed E-state index contributed by atoms with van der Waals surface area (Å²) < 4.78 is 120. The Kier molecular flexibility index (Phi) is 11.0. The number of amides is 1. The van der Waals surface area contributed by atoms with Crippen molar-refractivity contribution in [2.75, 3.05) is 6.54 Å². The van der Waals surface area contributed by atoms with Gasteiger partial charge in [0.2, 0.25) is 5.91 Å². The summed E-state index contributed by atoms with van der Waals surface area (Å²) in [5.74, 6) is -6.03. The van der Waals surface area contributed by atoms with Gasteiger partial charge in [0.25, 0.3) is 0 Å². The molecule has 0 heterocycles. The van der Waals surface area contributed by atoms with E-state index in [4.69, 9.17) is 34.8 Å². The summed E-state index contributed by atoms with van der Waals surface area (Å²) in [7, 11) is 0. The summed E-state index contributed by atoms with van der Waals surface area (Å²) in [6, 6.07) is 3.96. The molecule has 0 aliphatic heterocycles. The van der Waals surface area contributed by atoms with Crippen LogP contribution in [0.15, 0.2) is 36.4 Å². The molecule has 1 N–H and O–H groups in total. The molecule has 2 aromatic carbocycles. The van der Waals surface area contributed by atoms with Crippen LogP contribution in [0.1, 0.15) is 52.7 Å². The number of benzene rings is 2. The van der Waals surface area contributed by atoms with E-state index in [2.05, 4.69) is 0 Å². The van der Waals surface area contributed by atoms with E-state index in [0.29, 0.717) is 12.1 Å². The van der Waals surface area contributed by atoms with Crippen LogP contribution >= 0.6 is 34.8 Å². The maximum Gasteiger partial charge on any atom is 0.417 e. The minimum atomic E-state index is -5.13. The van der Waals surface area contributed by atoms with E-state index in [1.807, 2.05) is 0 Å². The Bertz CT molecular complexity index is 1250. The molecule has 1 unspecified atom stereocenters. The largest absolute Gasteiger partial charge is 0.417 e. The van der Waals surface area contributed by atoms with Crippen molar-refractivity contribution < 1.29 is 49.1 Å². The van der Waals surface area contributed by atoms with E-state index in [1.54, 1.807) is 5.32 Å². The summed E-state index contributed by atoms with van der Waals surface area (Å²) in [4.78, 5) is 24.7. The van der Waals surface area contributed by atoms with E-state index in [-0.39, 0.29) is 27.1 Å². The van der Waals surface area contributed by atoms with E-state index in [1.165, 1.54) is 6.92 Å². The maximum absolute atomic E-state index is 13.8. The summed E-state index contributed by atoms with van der Waals surface area (Å²) in [6.07, 6.45) is -14.4. The number of halogens is 12. The molecule has 3 nitrogen and oxygen atoms in total. The zero-order valence-electron chi connectivity index (χ0n) is 20.2. The lowest BCUT2D eigenvalue weighted by Gasteiger charge is -2.19. The molecule has 0 fully saturated rings. The van der Waals surface area contributed by atoms with Gasteiger partial charge >= 0.3 is 18.5 Å². The van der Waals surface area contributed by atoms with Crippen molar-refractivity contribution >= 4 is 52.6 Å². The molecule has 220 valence electrons. The minimum absolute atomic E-state index is 0.144. The predicted octanol–water partition coefficient (Wildman–Crippen LogP) is 9.30. The van der Waals surface area contributed by atoms with Gasteiger partial charge in [0.1, 0.15) is 6.54 Å². The lowest BCUT2D eigenvalue weighted by molar-refractivity contribution is -0.140. The van der Waals surface area contributed by atoms with E-state index < -0.39 is 71.7 Å². The molecule has 2 rings (SSSR count). The number of carbonyl (C=O) groups excluding carboxylic acids is 2. The Morgan fingerprint density at radius 1 is 0.925 bits per heavy atom. The van der Waals surface area contributed by atoms with Crippen LogP contribution in [-0.2, 0) is 11.0 Å². The van der Waals surface area contributed by atoms with Crippen molar-refractivity contribution in [3.05, 3.63) is 73.7 Å². The smallest absolute Gasteiger partial charge is 0.347 e. The highest BCUT2D eigenvalue weighted by molar-refractivity contribution is 6.48. The van der Waals surface area contributed by atoms with Crippen LogP contribution in [0, 0.1) is 5.92 Å². The molecule has 2 aromatic rings. The molecular weight excluding hydrogens is 624 g/mol. The molecule has 0 radical (unpaired) electrons. The van der Waals surface area contributed by atoms with Crippen LogP contribution in [0.2, 0.25) is 15.1 Å². The first-order chi connectivity index (χ1) is 18.2. The predicted molar refractivity (Wildman–Crippen MR) is 133 cm³/mol. The summed E-state index contributed by atoms with van der Waals surface area (Å²) >= 11 is 17.4. The minimum Gasteiger partial charge on any atom is -0.347 e. The van der Waals surface area contributed by atoms with Crippen LogP contribution in [0.25, 0.3) is 6.08 Å². The first-order valence-electron chi connectivity index (χ1n) is 11.2. The molecule has 40 heavy (non-hydrogen) atoms. The Morgan fingerprint density at radius 3 is 1.98 bits per heavy atom. The van der Waals surface area contributed by atoms with Crippen molar-refractivity contribution in [2.24, 2.45) is 5.92 Å². The number of hydrogen-bond donors (Lipinski definition) is 1. The average Bonchev–Trinajstić information content (AvgIpc) is 2.82. The fourth-order valence-corrected chi connectivity index (χ4v) is 4.22. The Labute approximate surface area is 237 Å². The Hall–Kier alpha value is -2.44. The molecule has 0 aliphatic carbocycles. The first kappa shape index (κ1) is 33.8. The lowest BCUT2D eigenvalue weighted by Crippen LogP contribution is -2.38. The summed E-state index contributed by atoms with van der Waals surface area (Å²) in [6.45, 7) is -0.319. The zero-order chi connectivity index (χ0) is 30.6. The molecular formula is C25H19Cl3F9NO2. The van der Waals surface area contributed by atoms with E-state index in [9.17, 15) is 49.1 Å². The lowest BCUT2D eigenvalue weighted by atomic mass is 9.91. The van der Waals surface area contributed by atoms with Crippen LogP contribution in [0.4, 0.5) is 39.5 Å². The number of ketones is 1. The van der Waals surface area contributed by atoms with Crippen molar-refractivity contribution in [3.8, 4) is 0 Å². The quantitative estimate of drug-likeness (QED) is 0.168. The van der Waals surface area contributed by atoms with Crippen molar-refractivity contribution in [3.63, 3.8) is 0 Å². The maximum atomic E-state index is 13.8. The Morgan fingerprint density at radius 2 is 1.50 bits per heavy atom. The van der Waals surface area contributed by atoms with Gasteiger partial charge in [-0.25, -0.2) is 0 Å². The SMILES string of the molecule is CC[C@H](CC(=O)c1ccc(/C=C/C(c2cc(Cl)c(Cl)c(Cl)c2)C(F)(F)F)cc1C(F)(F)F)C(=O)NCC(F)(F)F. The van der Waals surface area contributed by atoms with Gasteiger partial charge in [-0.05, 0) is 35.7 Å². The number of rotatable bonds is 9. The molecule has 1 amide bonds. The number of Topliss-reactive ketones (excluding diaryl/α,β-unsaturated/α-hetero) is 1. The van der Waals surface area contributed by atoms with Gasteiger partial charge in [-0.2, -0.15) is 39.5 Å². The van der Waals surface area contributed by atoms with Gasteiger partial charge in [0.05, 0.1) is 26.5 Å². The van der Waals surface area contributed by atoms with Gasteiger partial charge in [-0.15, -0.1) is 0 Å². The van der Waals surface area contributed by atoms with Gasteiger partial charge in [-0.1, -0.05) is 66.0 Å². The van der Waals surface area contributed by atoms with Gasteiger partial charge < -0.3 is 5.32 Å². The molecule has 0 aliphatic rings. The number of allylic oxidation sites excluding steroid dienone is 1. The second-order valence-electron chi connectivity index (χ2n) is 8.55. The van der Waals surface area contributed by atoms with Crippen molar-refractivity contribution in [1.82, 2.24) is 5.32 Å². The molecule has 0 saturated carbocycles. The molecule has 0 saturated heterocycles. The van der Waals surface area contributed by atoms with Crippen LogP contribution in [0.5, 0.6) is 0 Å². The standard InChI is InChI=1S/C25H19Cl3F9NO2/c1-2-13(22(40)38-11-23(29,30)31)10-20(39)15-5-3-12(7-17(15)25(35,36)37)4-6-16(24(32,33)34)14-8-18(26)21(28)19(27)9-14/h3-9,13,16H,2,10-11H2,1H3,(H,38,40)/b6-4+/t13-,16?/m1/s1. The first-order valence-corrected chi connectivity index (χ1v) is 12.4. The van der Waals surface area contributed by atoms with Gasteiger partial charge in [0, 0.05) is 17.9 Å². The molecule has 0 bridgehead atoms. The zero-order valence-corrected chi connectivity index (χ0v) is 22.4. The molecule has 15 heteroatoms. The van der Waals surface area contributed by atoms with Crippen molar-refractivity contribution in [2.45, 2.75) is 44.2 Å². The molecule has 0 spiro atoms. The van der Waals surface area contributed by atoms with Crippen molar-refractivity contribution in [1.29, 1.82) is 0 Å². The second kappa shape index (κ2) is 13.0. The average molecular weight is 643 g/mol. The highest BCUT2D eigenvalue weighted by atomic mass is 35.5. The fraction of sp³-hybridized carbons (Fsp3) is 0.360. The third-order valence-electron chi connectivity index (χ3n) is 5.61. The topological polar surface area (TPSA) is 46.2 Å². The Balaban J connectivity index is 2.40. The molecule has 2 atom stereocenters. The third-order valence-corrected chi connectivity index (χ3v) is 6.80. The number of nitrogens with one attached hydrogen (secondary N) is 1.